The van der Waals surface area contributed by atoms with Crippen LogP contribution in [-0.4, -0.2) is 0 Å². The molecule has 0 N–H and O–H groups in total. The zero-order chi connectivity index (χ0) is 27.3. The smallest absolute Gasteiger partial charge is 0.0260 e. The van der Waals surface area contributed by atoms with E-state index < -0.39 is 0 Å². The number of fused-ring (bicyclic) bond motifs is 4. The minimum atomic E-state index is 1.11. The van der Waals surface area contributed by atoms with Crippen molar-refractivity contribution in [2.24, 2.45) is 0 Å². The van der Waals surface area contributed by atoms with E-state index in [1.807, 2.05) is 0 Å². The molecule has 0 aliphatic rings. The molecule has 8 rings (SSSR count). The van der Waals surface area contributed by atoms with E-state index in [0.717, 1.165) is 4.47 Å². The Kier molecular flexibility index (Phi) is 5.72. The molecule has 0 spiro atoms. The lowest BCUT2D eigenvalue weighted by Crippen LogP contribution is -1.92. The average molecular weight is 586 g/mol. The Morgan fingerprint density at radius 2 is 0.805 bits per heavy atom. The zero-order valence-electron chi connectivity index (χ0n) is 22.3. The lowest BCUT2D eigenvalue weighted by atomic mass is 9.84. The Bertz CT molecular complexity index is 2210. The molecule has 0 saturated heterocycles. The summed E-state index contributed by atoms with van der Waals surface area (Å²) < 4.78 is 1.11. The van der Waals surface area contributed by atoms with Crippen LogP contribution in [0.5, 0.6) is 0 Å². The van der Waals surface area contributed by atoms with Gasteiger partial charge in [-0.25, -0.2) is 0 Å². The van der Waals surface area contributed by atoms with Crippen LogP contribution in [-0.2, 0) is 0 Å². The van der Waals surface area contributed by atoms with Gasteiger partial charge in [0.15, 0.2) is 0 Å². The predicted molar refractivity (Wildman–Crippen MR) is 180 cm³/mol. The lowest BCUT2D eigenvalue weighted by Gasteiger charge is -2.19. The van der Waals surface area contributed by atoms with E-state index in [9.17, 15) is 0 Å². The fourth-order valence-corrected chi connectivity index (χ4v) is 7.04. The topological polar surface area (TPSA) is 0 Å². The normalized spacial score (nSPS) is 11.5. The van der Waals surface area contributed by atoms with Gasteiger partial charge >= 0.3 is 0 Å². The van der Waals surface area contributed by atoms with Gasteiger partial charge in [-0.2, -0.15) is 0 Å². The van der Waals surface area contributed by atoms with Gasteiger partial charge in [-0.3, -0.25) is 0 Å². The van der Waals surface area contributed by atoms with Crippen LogP contribution in [0.3, 0.4) is 0 Å². The summed E-state index contributed by atoms with van der Waals surface area (Å²) in [6.07, 6.45) is 0. The van der Waals surface area contributed by atoms with E-state index in [1.165, 1.54) is 76.5 Å². The van der Waals surface area contributed by atoms with Gasteiger partial charge in [0.25, 0.3) is 0 Å². The molecule has 0 fully saturated rings. The summed E-state index contributed by atoms with van der Waals surface area (Å²) in [4.78, 5) is 0. The molecule has 0 unspecified atom stereocenters. The van der Waals surface area contributed by atoms with Crippen molar-refractivity contribution in [3.63, 3.8) is 0 Å². The summed E-state index contributed by atoms with van der Waals surface area (Å²) in [6, 6.07) is 55.2. The first-order valence-electron chi connectivity index (χ1n) is 14.0. The summed E-state index contributed by atoms with van der Waals surface area (Å²) in [5.74, 6) is 0. The first kappa shape index (κ1) is 24.1. The zero-order valence-corrected chi connectivity index (χ0v) is 23.9. The molecule has 0 heterocycles. The fourth-order valence-electron chi connectivity index (χ4n) is 6.45. The largest absolute Gasteiger partial charge is 0.0616 e. The Morgan fingerprint density at radius 1 is 0.317 bits per heavy atom. The fraction of sp³-hybridized carbons (Fsp3) is 0. The van der Waals surface area contributed by atoms with Crippen LogP contribution < -0.4 is 0 Å². The number of hydrogen-bond donors (Lipinski definition) is 0. The van der Waals surface area contributed by atoms with Crippen LogP contribution in [0.2, 0.25) is 0 Å². The van der Waals surface area contributed by atoms with Crippen molar-refractivity contribution in [3.05, 3.63) is 156 Å². The maximum atomic E-state index is 3.87. The quantitative estimate of drug-likeness (QED) is 0.181. The summed E-state index contributed by atoms with van der Waals surface area (Å²) >= 11 is 3.87. The maximum absolute atomic E-state index is 3.87. The van der Waals surface area contributed by atoms with E-state index in [0.29, 0.717) is 0 Å². The molecule has 0 amide bonds. The van der Waals surface area contributed by atoms with Crippen LogP contribution in [0, 0.1) is 0 Å². The van der Waals surface area contributed by atoms with Gasteiger partial charge in [0, 0.05) is 4.47 Å². The standard InChI is InChI=1S/C40H25Br/c41-38-25-28-13-2-1-12-27(28)24-37(38)29-15-9-16-30(23-29)39-33-18-5-7-20-35(33)40(36-21-8-6-19-34(36)39)32-22-10-14-26-11-3-4-17-31(26)32/h1-25H. The summed E-state index contributed by atoms with van der Waals surface area (Å²) in [5, 5.41) is 10.1. The molecular weight excluding hydrogens is 560 g/mol. The third kappa shape index (κ3) is 3.96. The summed E-state index contributed by atoms with van der Waals surface area (Å²) in [7, 11) is 0. The summed E-state index contributed by atoms with van der Waals surface area (Å²) in [6.45, 7) is 0. The van der Waals surface area contributed by atoms with Crippen molar-refractivity contribution in [1.82, 2.24) is 0 Å². The first-order chi connectivity index (χ1) is 20.3. The maximum Gasteiger partial charge on any atom is 0.0260 e. The van der Waals surface area contributed by atoms with Gasteiger partial charge in [0.2, 0.25) is 0 Å². The monoisotopic (exact) mass is 584 g/mol. The molecule has 1 heteroatoms. The van der Waals surface area contributed by atoms with Gasteiger partial charge in [-0.05, 0) is 94.7 Å². The molecular formula is C40H25Br. The highest BCUT2D eigenvalue weighted by Gasteiger charge is 2.18. The highest BCUT2D eigenvalue weighted by Crippen LogP contribution is 2.46. The highest BCUT2D eigenvalue weighted by atomic mass is 79.9. The van der Waals surface area contributed by atoms with Gasteiger partial charge < -0.3 is 0 Å². The highest BCUT2D eigenvalue weighted by molar-refractivity contribution is 9.10. The van der Waals surface area contributed by atoms with Crippen LogP contribution in [0.1, 0.15) is 0 Å². The van der Waals surface area contributed by atoms with Gasteiger partial charge in [0.05, 0.1) is 0 Å². The Labute approximate surface area is 247 Å². The third-order valence-electron chi connectivity index (χ3n) is 8.29. The second kappa shape index (κ2) is 9.73. The molecule has 0 aliphatic carbocycles. The van der Waals surface area contributed by atoms with Crippen LogP contribution in [0.4, 0.5) is 0 Å². The molecule has 0 radical (unpaired) electrons. The van der Waals surface area contributed by atoms with Crippen molar-refractivity contribution in [2.45, 2.75) is 0 Å². The molecule has 192 valence electrons. The van der Waals surface area contributed by atoms with Crippen molar-refractivity contribution in [2.75, 3.05) is 0 Å². The van der Waals surface area contributed by atoms with Crippen LogP contribution in [0.25, 0.3) is 76.5 Å². The van der Waals surface area contributed by atoms with E-state index in [-0.39, 0.29) is 0 Å². The molecule has 8 aromatic rings. The Morgan fingerprint density at radius 3 is 1.49 bits per heavy atom. The predicted octanol–water partition coefficient (Wildman–Crippen LogP) is 12.1. The van der Waals surface area contributed by atoms with Crippen molar-refractivity contribution < 1.29 is 0 Å². The van der Waals surface area contributed by atoms with E-state index in [2.05, 4.69) is 168 Å². The van der Waals surface area contributed by atoms with Crippen molar-refractivity contribution >= 4 is 59.0 Å². The Hall–Kier alpha value is -4.72. The molecule has 0 atom stereocenters. The molecule has 0 bridgehead atoms. The molecule has 41 heavy (non-hydrogen) atoms. The number of rotatable bonds is 3. The number of halogens is 1. The molecule has 8 aromatic carbocycles. The van der Waals surface area contributed by atoms with Crippen molar-refractivity contribution in [3.8, 4) is 33.4 Å². The second-order valence-electron chi connectivity index (χ2n) is 10.6. The van der Waals surface area contributed by atoms with E-state index in [4.69, 9.17) is 0 Å². The number of benzene rings is 8. The Balaban J connectivity index is 1.43. The van der Waals surface area contributed by atoms with Gasteiger partial charge in [-0.1, -0.05) is 149 Å². The SMILES string of the molecule is Brc1cc2ccccc2cc1-c1cccc(-c2c3ccccc3c(-c3cccc4ccccc34)c3ccccc23)c1. The van der Waals surface area contributed by atoms with E-state index in [1.54, 1.807) is 0 Å². The average Bonchev–Trinajstić information content (AvgIpc) is 3.03. The minimum Gasteiger partial charge on any atom is -0.0616 e. The second-order valence-corrected chi connectivity index (χ2v) is 11.5. The molecule has 0 aliphatic heterocycles. The first-order valence-corrected chi connectivity index (χ1v) is 14.8. The molecule has 0 saturated carbocycles. The third-order valence-corrected chi connectivity index (χ3v) is 8.94. The van der Waals surface area contributed by atoms with Gasteiger partial charge in [-0.15, -0.1) is 0 Å². The molecule has 0 aromatic heterocycles. The van der Waals surface area contributed by atoms with Crippen LogP contribution in [0.15, 0.2) is 156 Å². The molecule has 0 nitrogen and oxygen atoms in total. The van der Waals surface area contributed by atoms with Crippen LogP contribution >= 0.6 is 15.9 Å². The number of hydrogen-bond acceptors (Lipinski definition) is 0. The van der Waals surface area contributed by atoms with E-state index >= 15 is 0 Å². The summed E-state index contributed by atoms with van der Waals surface area (Å²) in [5.41, 5.74) is 7.47. The lowest BCUT2D eigenvalue weighted by molar-refractivity contribution is 1.60. The van der Waals surface area contributed by atoms with Gasteiger partial charge in [0.1, 0.15) is 0 Å². The van der Waals surface area contributed by atoms with Crippen molar-refractivity contribution in [1.29, 1.82) is 0 Å². The minimum absolute atomic E-state index is 1.11.